The Morgan fingerprint density at radius 1 is 0.978 bits per heavy atom. The molecule has 1 aliphatic rings. The van der Waals surface area contributed by atoms with Crippen molar-refractivity contribution < 1.29 is 28.5 Å². The molecule has 13 heteroatoms. The van der Waals surface area contributed by atoms with E-state index in [9.17, 15) is 9.59 Å². The van der Waals surface area contributed by atoms with Gasteiger partial charge in [-0.2, -0.15) is 5.10 Å². The van der Waals surface area contributed by atoms with Gasteiger partial charge < -0.3 is 29.6 Å². The Kier molecular flexibility index (Phi) is 12.0. The Labute approximate surface area is 276 Å². The lowest BCUT2D eigenvalue weighted by molar-refractivity contribution is -0.139. The van der Waals surface area contributed by atoms with Gasteiger partial charge in [-0.05, 0) is 62.8 Å². The van der Waals surface area contributed by atoms with Crippen molar-refractivity contribution in [1.29, 1.82) is 0 Å². The van der Waals surface area contributed by atoms with Gasteiger partial charge in [0.1, 0.15) is 12.4 Å². The van der Waals surface area contributed by atoms with E-state index >= 15 is 0 Å². The number of thiocarbonyl (C=S) groups is 1. The minimum absolute atomic E-state index is 0.201. The normalized spacial score (nSPS) is 14.4. The molecule has 0 bridgehead atoms. The monoisotopic (exact) mass is 670 g/mol. The molecule has 10 nitrogen and oxygen atoms in total. The zero-order chi connectivity index (χ0) is 32.3. The van der Waals surface area contributed by atoms with E-state index in [1.54, 1.807) is 56.3 Å². The van der Waals surface area contributed by atoms with Gasteiger partial charge in [-0.15, -0.1) is 0 Å². The molecule has 0 radical (unpaired) electrons. The predicted molar refractivity (Wildman–Crippen MR) is 177 cm³/mol. The molecule has 1 amide bonds. The number of nitrogens with one attached hydrogen (secondary N) is 3. The maximum atomic E-state index is 12.8. The number of carbonyl (C=O) groups excluding carboxylic acids is 2. The number of rotatable bonds is 13. The number of hydrazone groups is 1. The summed E-state index contributed by atoms with van der Waals surface area (Å²) >= 11 is 18.1. The second kappa shape index (κ2) is 16.1. The van der Waals surface area contributed by atoms with Gasteiger partial charge in [-0.25, -0.2) is 10.2 Å². The summed E-state index contributed by atoms with van der Waals surface area (Å²) in [5.41, 5.74) is 5.35. The van der Waals surface area contributed by atoms with Crippen molar-refractivity contribution in [2.24, 2.45) is 5.10 Å². The first kappa shape index (κ1) is 33.6. The molecule has 1 heterocycles. The fourth-order valence-corrected chi connectivity index (χ4v) is 5.18. The second-order valence-corrected chi connectivity index (χ2v) is 10.8. The summed E-state index contributed by atoms with van der Waals surface area (Å²) in [5, 5.41) is 11.3. The second-order valence-electron chi connectivity index (χ2n) is 9.55. The molecule has 3 aromatic rings. The van der Waals surface area contributed by atoms with Gasteiger partial charge in [0.2, 0.25) is 0 Å². The summed E-state index contributed by atoms with van der Waals surface area (Å²) in [6, 6.07) is 17.1. The highest BCUT2D eigenvalue weighted by molar-refractivity contribution is 7.80. The summed E-state index contributed by atoms with van der Waals surface area (Å²) in [4.78, 5) is 25.4. The van der Waals surface area contributed by atoms with Gasteiger partial charge in [-0.1, -0.05) is 59.6 Å². The van der Waals surface area contributed by atoms with Crippen molar-refractivity contribution in [1.82, 2.24) is 16.1 Å². The SMILES string of the molecule is CCOC(=O)C1=C(C)NC(=S)N[C@@H]1c1ccccc1OCC(=O)NN=Cc1cc(Cl)c(OCc2ccccc2Cl)c(OCC)c1. The number of amides is 1. The first-order valence-electron chi connectivity index (χ1n) is 14.0. The van der Waals surface area contributed by atoms with E-state index in [4.69, 9.17) is 54.4 Å². The predicted octanol–water partition coefficient (Wildman–Crippen LogP) is 5.86. The highest BCUT2D eigenvalue weighted by Crippen LogP contribution is 2.37. The largest absolute Gasteiger partial charge is 0.490 e. The number of ether oxygens (including phenoxy) is 4. The van der Waals surface area contributed by atoms with Crippen molar-refractivity contribution in [2.75, 3.05) is 19.8 Å². The van der Waals surface area contributed by atoms with Crippen LogP contribution in [0.25, 0.3) is 0 Å². The van der Waals surface area contributed by atoms with Gasteiger partial charge in [0, 0.05) is 21.8 Å². The zero-order valence-electron chi connectivity index (χ0n) is 24.8. The molecule has 4 rings (SSSR count). The Balaban J connectivity index is 1.41. The fourth-order valence-electron chi connectivity index (χ4n) is 4.44. The van der Waals surface area contributed by atoms with E-state index in [1.807, 2.05) is 25.1 Å². The average Bonchev–Trinajstić information content (AvgIpc) is 3.00. The minimum atomic E-state index is -0.643. The Morgan fingerprint density at radius 2 is 1.73 bits per heavy atom. The summed E-state index contributed by atoms with van der Waals surface area (Å²) in [6.07, 6.45) is 1.43. The lowest BCUT2D eigenvalue weighted by atomic mass is 9.95. The van der Waals surface area contributed by atoms with E-state index in [2.05, 4.69) is 21.2 Å². The maximum absolute atomic E-state index is 12.8. The molecule has 0 aromatic heterocycles. The van der Waals surface area contributed by atoms with E-state index in [0.29, 0.717) is 61.4 Å². The third kappa shape index (κ3) is 8.87. The van der Waals surface area contributed by atoms with Crippen LogP contribution in [0.1, 0.15) is 43.5 Å². The molecular formula is C32H32Cl2N4O6S. The van der Waals surface area contributed by atoms with E-state index < -0.39 is 17.9 Å². The Morgan fingerprint density at radius 3 is 2.49 bits per heavy atom. The first-order chi connectivity index (χ1) is 21.7. The van der Waals surface area contributed by atoms with Gasteiger partial charge in [0.15, 0.2) is 23.2 Å². The van der Waals surface area contributed by atoms with Crippen molar-refractivity contribution >= 4 is 58.6 Å². The number of esters is 1. The van der Waals surface area contributed by atoms with Crippen LogP contribution in [0.15, 0.2) is 77.0 Å². The molecule has 45 heavy (non-hydrogen) atoms. The number of nitrogens with zero attached hydrogens (tertiary/aromatic N) is 1. The van der Waals surface area contributed by atoms with Gasteiger partial charge >= 0.3 is 5.97 Å². The van der Waals surface area contributed by atoms with Crippen LogP contribution in [0.4, 0.5) is 0 Å². The maximum Gasteiger partial charge on any atom is 0.338 e. The van der Waals surface area contributed by atoms with Crippen molar-refractivity contribution in [3.8, 4) is 17.2 Å². The fraction of sp³-hybridized carbons (Fsp3) is 0.250. The molecule has 0 unspecified atom stereocenters. The third-order valence-corrected chi connectivity index (χ3v) is 7.29. The third-order valence-electron chi connectivity index (χ3n) is 6.42. The Hall–Kier alpha value is -4.32. The summed E-state index contributed by atoms with van der Waals surface area (Å²) < 4.78 is 22.8. The van der Waals surface area contributed by atoms with Crippen LogP contribution >= 0.6 is 35.4 Å². The summed E-state index contributed by atoms with van der Waals surface area (Å²) in [6.45, 7) is 5.77. The van der Waals surface area contributed by atoms with Gasteiger partial charge in [0.25, 0.3) is 5.91 Å². The first-order valence-corrected chi connectivity index (χ1v) is 15.2. The molecule has 1 atom stereocenters. The standard InChI is InChI=1S/C32H32Cl2N4O6S/c1-4-41-26-15-20(14-24(34)30(26)44-17-21-10-6-8-12-23(21)33)16-35-38-27(39)18-43-25-13-9-7-11-22(25)29-28(31(40)42-5-2)19(3)36-32(45)37-29/h6-16,29H,4-5,17-18H2,1-3H3,(H,38,39)(H2,36,37,45)/t29-/m1/s1. The lowest BCUT2D eigenvalue weighted by Gasteiger charge is -2.30. The van der Waals surface area contributed by atoms with Crippen molar-refractivity contribution in [3.63, 3.8) is 0 Å². The van der Waals surface area contributed by atoms with E-state index in [0.717, 1.165) is 5.56 Å². The molecule has 236 valence electrons. The zero-order valence-corrected chi connectivity index (χ0v) is 27.1. The van der Waals surface area contributed by atoms with Crippen LogP contribution in [0.3, 0.4) is 0 Å². The topological polar surface area (TPSA) is 120 Å². The number of allylic oxidation sites excluding steroid dienone is 1. The Bertz CT molecular complexity index is 1630. The van der Waals surface area contributed by atoms with E-state index in [-0.39, 0.29) is 19.8 Å². The smallest absolute Gasteiger partial charge is 0.338 e. The van der Waals surface area contributed by atoms with Crippen molar-refractivity contribution in [2.45, 2.75) is 33.4 Å². The van der Waals surface area contributed by atoms with Gasteiger partial charge in [0.05, 0.1) is 36.1 Å². The molecular weight excluding hydrogens is 639 g/mol. The number of hydrogen-bond donors (Lipinski definition) is 3. The average molecular weight is 672 g/mol. The number of halogens is 2. The molecule has 3 N–H and O–H groups in total. The number of hydrogen-bond acceptors (Lipinski definition) is 8. The summed E-state index contributed by atoms with van der Waals surface area (Å²) in [7, 11) is 0. The van der Waals surface area contributed by atoms with Crippen LogP contribution in [0.5, 0.6) is 17.2 Å². The minimum Gasteiger partial charge on any atom is -0.490 e. The molecule has 0 aliphatic carbocycles. The molecule has 1 aliphatic heterocycles. The van der Waals surface area contributed by atoms with Crippen LogP contribution in [-0.4, -0.2) is 43.0 Å². The molecule has 0 saturated heterocycles. The van der Waals surface area contributed by atoms with Crippen LogP contribution in [-0.2, 0) is 20.9 Å². The number of carbonyl (C=O) groups is 2. The van der Waals surface area contributed by atoms with Crippen LogP contribution in [0.2, 0.25) is 10.0 Å². The highest BCUT2D eigenvalue weighted by atomic mass is 35.5. The van der Waals surface area contributed by atoms with E-state index in [1.165, 1.54) is 6.21 Å². The molecule has 0 fully saturated rings. The molecule has 0 saturated carbocycles. The van der Waals surface area contributed by atoms with Crippen LogP contribution < -0.4 is 30.3 Å². The van der Waals surface area contributed by atoms with Gasteiger partial charge in [-0.3, -0.25) is 4.79 Å². The number of para-hydroxylation sites is 1. The number of benzene rings is 3. The van der Waals surface area contributed by atoms with Crippen LogP contribution in [0, 0.1) is 0 Å². The quantitative estimate of drug-likeness (QED) is 0.0890. The highest BCUT2D eigenvalue weighted by Gasteiger charge is 2.32. The van der Waals surface area contributed by atoms with Crippen molar-refractivity contribution in [3.05, 3.63) is 98.7 Å². The lowest BCUT2D eigenvalue weighted by Crippen LogP contribution is -2.45. The summed E-state index contributed by atoms with van der Waals surface area (Å²) in [5.74, 6) is 0.170. The molecule has 0 spiro atoms. The molecule has 3 aromatic carbocycles.